The van der Waals surface area contributed by atoms with Gasteiger partial charge in [-0.3, -0.25) is 9.69 Å². The number of nitrogens with zero attached hydrogens (tertiary/aromatic N) is 1. The molecule has 0 aromatic heterocycles. The van der Waals surface area contributed by atoms with Gasteiger partial charge in [0.25, 0.3) is 0 Å². The molecule has 4 rings (SSSR count). The summed E-state index contributed by atoms with van der Waals surface area (Å²) in [5.41, 5.74) is 2.45. The van der Waals surface area contributed by atoms with Gasteiger partial charge in [-0.15, -0.1) is 0 Å². The number of halogens is 1. The quantitative estimate of drug-likeness (QED) is 0.756. The molecular formula is C24H27FN2O3. The maximum atomic E-state index is 13.6. The van der Waals surface area contributed by atoms with E-state index < -0.39 is 5.97 Å². The molecular weight excluding hydrogens is 383 g/mol. The zero-order valence-corrected chi connectivity index (χ0v) is 17.2. The van der Waals surface area contributed by atoms with Gasteiger partial charge < -0.3 is 10.4 Å². The fourth-order valence-corrected chi connectivity index (χ4v) is 4.38. The lowest BCUT2D eigenvalue weighted by Crippen LogP contribution is -2.51. The second kappa shape index (κ2) is 8.19. The maximum absolute atomic E-state index is 13.6. The van der Waals surface area contributed by atoms with Crippen molar-refractivity contribution >= 4 is 11.9 Å². The highest BCUT2D eigenvalue weighted by Gasteiger charge is 2.47. The molecule has 1 amide bonds. The van der Waals surface area contributed by atoms with Crippen LogP contribution in [0.1, 0.15) is 59.2 Å². The van der Waals surface area contributed by atoms with Gasteiger partial charge in [0.05, 0.1) is 17.1 Å². The molecule has 0 radical (unpaired) electrons. The molecule has 1 aliphatic heterocycles. The molecule has 1 saturated carbocycles. The zero-order chi connectivity index (χ0) is 21.3. The van der Waals surface area contributed by atoms with Crippen LogP contribution in [0.25, 0.3) is 0 Å². The van der Waals surface area contributed by atoms with Gasteiger partial charge in [0.2, 0.25) is 5.91 Å². The van der Waals surface area contributed by atoms with Gasteiger partial charge in [0, 0.05) is 6.54 Å². The number of hydrogen-bond donors (Lipinski definition) is 2. The van der Waals surface area contributed by atoms with Crippen molar-refractivity contribution in [3.05, 3.63) is 70.5 Å². The predicted molar refractivity (Wildman–Crippen MR) is 112 cm³/mol. The van der Waals surface area contributed by atoms with Gasteiger partial charge >= 0.3 is 5.97 Å². The van der Waals surface area contributed by atoms with Crippen molar-refractivity contribution in [2.24, 2.45) is 0 Å². The number of benzene rings is 2. The Bertz CT molecular complexity index is 953. The molecule has 0 unspecified atom stereocenters. The summed E-state index contributed by atoms with van der Waals surface area (Å²) in [7, 11) is 0. The van der Waals surface area contributed by atoms with Crippen LogP contribution >= 0.6 is 0 Å². The van der Waals surface area contributed by atoms with E-state index in [9.17, 15) is 14.0 Å². The fourth-order valence-electron chi connectivity index (χ4n) is 4.38. The number of rotatable bonds is 6. The number of likely N-dealkylation sites (tertiary alicyclic amines) is 1. The molecule has 158 valence electrons. The molecule has 2 aromatic carbocycles. The predicted octanol–water partition coefficient (Wildman–Crippen LogP) is 3.99. The molecule has 2 aliphatic rings. The third-order valence-electron chi connectivity index (χ3n) is 6.32. The zero-order valence-electron chi connectivity index (χ0n) is 17.2. The third kappa shape index (κ3) is 4.24. The summed E-state index contributed by atoms with van der Waals surface area (Å²) in [5.74, 6) is -1.14. The average Bonchev–Trinajstić information content (AvgIpc) is 3.52. The van der Waals surface area contributed by atoms with Gasteiger partial charge in [0.15, 0.2) is 0 Å². The van der Waals surface area contributed by atoms with Crippen LogP contribution in [0.3, 0.4) is 0 Å². The second-order valence-electron chi connectivity index (χ2n) is 8.52. The summed E-state index contributed by atoms with van der Waals surface area (Å²) in [6.07, 6.45) is 4.58. The van der Waals surface area contributed by atoms with Crippen molar-refractivity contribution < 1.29 is 19.1 Å². The van der Waals surface area contributed by atoms with Crippen LogP contribution in [0.15, 0.2) is 42.5 Å². The first-order valence-electron chi connectivity index (χ1n) is 10.5. The van der Waals surface area contributed by atoms with Crippen molar-refractivity contribution in [1.29, 1.82) is 0 Å². The van der Waals surface area contributed by atoms with Crippen LogP contribution in [0.5, 0.6) is 0 Å². The van der Waals surface area contributed by atoms with Crippen LogP contribution < -0.4 is 5.32 Å². The number of carboxylic acids is 1. The Kier molecular flexibility index (Phi) is 5.60. The Morgan fingerprint density at radius 1 is 1.17 bits per heavy atom. The van der Waals surface area contributed by atoms with E-state index in [1.165, 1.54) is 6.07 Å². The summed E-state index contributed by atoms with van der Waals surface area (Å²) in [6.45, 7) is 3.22. The molecule has 0 bridgehead atoms. The Labute approximate surface area is 175 Å². The largest absolute Gasteiger partial charge is 0.478 e. The lowest BCUT2D eigenvalue weighted by molar-refractivity contribution is -0.129. The normalized spacial score (nSPS) is 20.5. The van der Waals surface area contributed by atoms with E-state index in [0.29, 0.717) is 12.1 Å². The summed E-state index contributed by atoms with van der Waals surface area (Å²) in [4.78, 5) is 26.5. The molecule has 1 aliphatic carbocycles. The second-order valence-corrected chi connectivity index (χ2v) is 8.52. The van der Waals surface area contributed by atoms with Crippen LogP contribution in [-0.4, -0.2) is 34.5 Å². The summed E-state index contributed by atoms with van der Waals surface area (Å²) in [6, 6.07) is 11.7. The van der Waals surface area contributed by atoms with Crippen molar-refractivity contribution in [2.75, 3.05) is 6.54 Å². The highest BCUT2D eigenvalue weighted by atomic mass is 19.1. The number of carbonyl (C=O) groups excluding carboxylic acids is 1. The van der Waals surface area contributed by atoms with E-state index >= 15 is 0 Å². The Balaban J connectivity index is 1.46. The first kappa shape index (κ1) is 20.5. The van der Waals surface area contributed by atoms with Gasteiger partial charge in [-0.1, -0.05) is 30.7 Å². The minimum atomic E-state index is -0.954. The van der Waals surface area contributed by atoms with Gasteiger partial charge in [-0.25, -0.2) is 9.18 Å². The van der Waals surface area contributed by atoms with Crippen molar-refractivity contribution in [2.45, 2.75) is 57.2 Å². The van der Waals surface area contributed by atoms with Crippen LogP contribution in [0.2, 0.25) is 0 Å². The molecule has 2 N–H and O–H groups in total. The van der Waals surface area contributed by atoms with E-state index in [0.717, 1.165) is 49.8 Å². The minimum absolute atomic E-state index is 0.0216. The van der Waals surface area contributed by atoms with E-state index in [1.807, 2.05) is 6.07 Å². The van der Waals surface area contributed by atoms with Crippen LogP contribution in [0.4, 0.5) is 4.39 Å². The average molecular weight is 410 g/mol. The Hall–Kier alpha value is -2.73. The molecule has 2 fully saturated rings. The number of carbonyl (C=O) groups is 2. The van der Waals surface area contributed by atoms with E-state index in [-0.39, 0.29) is 28.9 Å². The molecule has 1 heterocycles. The lowest BCUT2D eigenvalue weighted by Gasteiger charge is -2.36. The molecule has 5 nitrogen and oxygen atoms in total. The third-order valence-corrected chi connectivity index (χ3v) is 6.32. The first-order valence-corrected chi connectivity index (χ1v) is 10.5. The van der Waals surface area contributed by atoms with Crippen LogP contribution in [0, 0.1) is 12.7 Å². The van der Waals surface area contributed by atoms with E-state index in [2.05, 4.69) is 10.2 Å². The standard InChI is InChI=1S/C24H27FN2O3/c1-16-14-17(5-10-20(16)25)15-27-13-3-2-4-21(27)22(28)26-24(11-12-24)19-8-6-18(7-9-19)23(29)30/h5-10,14,21H,2-4,11-13,15H2,1H3,(H,26,28)(H,29,30)/t21-/m1/s1. The smallest absolute Gasteiger partial charge is 0.335 e. The number of amides is 1. The van der Waals surface area contributed by atoms with E-state index in [4.69, 9.17) is 5.11 Å². The lowest BCUT2D eigenvalue weighted by atomic mass is 9.98. The SMILES string of the molecule is Cc1cc(CN2CCCC[C@@H]2C(=O)NC2(c3ccc(C(=O)O)cc3)CC2)ccc1F. The molecule has 1 atom stereocenters. The molecule has 6 heteroatoms. The molecule has 0 spiro atoms. The highest BCUT2D eigenvalue weighted by molar-refractivity contribution is 5.87. The number of piperidine rings is 1. The van der Waals surface area contributed by atoms with E-state index in [1.54, 1.807) is 37.3 Å². The summed E-state index contributed by atoms with van der Waals surface area (Å²) in [5, 5.41) is 12.3. The Morgan fingerprint density at radius 3 is 2.53 bits per heavy atom. The fraction of sp³-hybridized carbons (Fsp3) is 0.417. The van der Waals surface area contributed by atoms with Gasteiger partial charge in [0.1, 0.15) is 5.82 Å². The Morgan fingerprint density at radius 2 is 1.90 bits per heavy atom. The maximum Gasteiger partial charge on any atom is 0.335 e. The number of aryl methyl sites for hydroxylation is 1. The van der Waals surface area contributed by atoms with Crippen molar-refractivity contribution in [3.63, 3.8) is 0 Å². The summed E-state index contributed by atoms with van der Waals surface area (Å²) >= 11 is 0. The van der Waals surface area contributed by atoms with Gasteiger partial charge in [-0.05, 0) is 74.0 Å². The monoisotopic (exact) mass is 410 g/mol. The number of aromatic carboxylic acids is 1. The summed E-state index contributed by atoms with van der Waals surface area (Å²) < 4.78 is 13.6. The van der Waals surface area contributed by atoms with Gasteiger partial charge in [-0.2, -0.15) is 0 Å². The first-order chi connectivity index (χ1) is 14.4. The molecule has 30 heavy (non-hydrogen) atoms. The van der Waals surface area contributed by atoms with Crippen molar-refractivity contribution in [3.8, 4) is 0 Å². The van der Waals surface area contributed by atoms with Crippen LogP contribution in [-0.2, 0) is 16.9 Å². The highest BCUT2D eigenvalue weighted by Crippen LogP contribution is 2.45. The minimum Gasteiger partial charge on any atom is -0.478 e. The molecule has 1 saturated heterocycles. The number of nitrogens with one attached hydrogen (secondary N) is 1. The molecule has 2 aromatic rings. The van der Waals surface area contributed by atoms with Crippen molar-refractivity contribution in [1.82, 2.24) is 10.2 Å². The number of hydrogen-bond acceptors (Lipinski definition) is 3. The topological polar surface area (TPSA) is 69.6 Å². The number of carboxylic acid groups (broad SMARTS) is 1.